The fraction of sp³-hybridized carbons (Fsp3) is 1.00. The van der Waals surface area contributed by atoms with Gasteiger partial charge in [0.2, 0.25) is 0 Å². The summed E-state index contributed by atoms with van der Waals surface area (Å²) < 4.78 is 11.0. The normalized spacial score (nSPS) is 32.8. The second kappa shape index (κ2) is 8.47. The third-order valence-electron chi connectivity index (χ3n) is 4.00. The average Bonchev–Trinajstić information content (AvgIpc) is 3.07. The molecule has 4 nitrogen and oxygen atoms in total. The Morgan fingerprint density at radius 2 is 2.32 bits per heavy atom. The van der Waals surface area contributed by atoms with E-state index >= 15 is 0 Å². The summed E-state index contributed by atoms with van der Waals surface area (Å²) in [5.41, 5.74) is 0. The van der Waals surface area contributed by atoms with Gasteiger partial charge in [0.25, 0.3) is 0 Å². The van der Waals surface area contributed by atoms with Gasteiger partial charge in [-0.1, -0.05) is 0 Å². The number of aliphatic hydroxyl groups is 1. The van der Waals surface area contributed by atoms with Crippen molar-refractivity contribution >= 4 is 11.8 Å². The van der Waals surface area contributed by atoms with Crippen LogP contribution in [0, 0.1) is 0 Å². The Morgan fingerprint density at radius 3 is 3.00 bits per heavy atom. The molecular weight excluding hydrogens is 262 g/mol. The van der Waals surface area contributed by atoms with Gasteiger partial charge in [-0.15, -0.1) is 0 Å². The highest BCUT2D eigenvalue weighted by Gasteiger charge is 2.24. The summed E-state index contributed by atoms with van der Waals surface area (Å²) in [6.07, 6.45) is 8.00. The molecule has 2 rings (SSSR count). The van der Waals surface area contributed by atoms with E-state index in [-0.39, 0.29) is 6.10 Å². The van der Waals surface area contributed by atoms with Crippen LogP contribution in [0.2, 0.25) is 0 Å². The number of nitrogens with one attached hydrogen (secondary N) is 1. The summed E-state index contributed by atoms with van der Waals surface area (Å²) in [5.74, 6) is 0. The third kappa shape index (κ3) is 5.60. The molecule has 0 aromatic rings. The molecule has 0 bridgehead atoms. The standard InChI is InChI=1S/C14H27NO3S/c1-19-14-5-4-11(7-14)15-8-12(16)9-17-10-13-3-2-6-18-13/h11-16H,2-10H2,1H3. The highest BCUT2D eigenvalue weighted by Crippen LogP contribution is 2.27. The lowest BCUT2D eigenvalue weighted by atomic mass is 10.2. The number of hydrogen-bond donors (Lipinski definition) is 2. The van der Waals surface area contributed by atoms with Crippen LogP contribution in [0.1, 0.15) is 32.1 Å². The van der Waals surface area contributed by atoms with Crippen molar-refractivity contribution in [3.8, 4) is 0 Å². The number of hydrogen-bond acceptors (Lipinski definition) is 5. The molecular formula is C14H27NO3S. The number of ether oxygens (including phenoxy) is 2. The highest BCUT2D eigenvalue weighted by molar-refractivity contribution is 7.99. The maximum atomic E-state index is 9.87. The molecule has 0 aromatic carbocycles. The zero-order valence-corrected chi connectivity index (χ0v) is 12.7. The molecule has 2 N–H and O–H groups in total. The molecule has 4 unspecified atom stereocenters. The van der Waals surface area contributed by atoms with Crippen LogP contribution in [0.25, 0.3) is 0 Å². The van der Waals surface area contributed by atoms with Crippen molar-refractivity contribution in [3.05, 3.63) is 0 Å². The van der Waals surface area contributed by atoms with Gasteiger partial charge in [-0.25, -0.2) is 0 Å². The van der Waals surface area contributed by atoms with Crippen molar-refractivity contribution in [3.63, 3.8) is 0 Å². The van der Waals surface area contributed by atoms with E-state index in [1.165, 1.54) is 19.3 Å². The van der Waals surface area contributed by atoms with Gasteiger partial charge in [0.1, 0.15) is 0 Å². The van der Waals surface area contributed by atoms with Crippen LogP contribution < -0.4 is 5.32 Å². The lowest BCUT2D eigenvalue weighted by molar-refractivity contribution is -0.0169. The minimum Gasteiger partial charge on any atom is -0.389 e. The Labute approximate surface area is 120 Å². The molecule has 0 aromatic heterocycles. The lowest BCUT2D eigenvalue weighted by Crippen LogP contribution is -2.36. The van der Waals surface area contributed by atoms with E-state index in [1.807, 2.05) is 11.8 Å². The molecule has 0 radical (unpaired) electrons. The molecule has 1 aliphatic carbocycles. The molecule has 112 valence electrons. The molecule has 0 spiro atoms. The van der Waals surface area contributed by atoms with E-state index in [9.17, 15) is 5.11 Å². The van der Waals surface area contributed by atoms with Gasteiger partial charge in [-0.05, 0) is 38.4 Å². The minimum atomic E-state index is -0.408. The van der Waals surface area contributed by atoms with Gasteiger partial charge in [0.15, 0.2) is 0 Å². The van der Waals surface area contributed by atoms with Crippen LogP contribution in [-0.2, 0) is 9.47 Å². The first kappa shape index (κ1) is 15.6. The summed E-state index contributed by atoms with van der Waals surface area (Å²) in [7, 11) is 0. The topological polar surface area (TPSA) is 50.7 Å². The first-order valence-electron chi connectivity index (χ1n) is 7.41. The summed E-state index contributed by atoms with van der Waals surface area (Å²) in [5, 5.41) is 14.1. The second-order valence-electron chi connectivity index (χ2n) is 5.60. The zero-order valence-electron chi connectivity index (χ0n) is 11.8. The maximum Gasteiger partial charge on any atom is 0.0897 e. The van der Waals surface area contributed by atoms with Crippen molar-refractivity contribution in [2.75, 3.05) is 32.6 Å². The molecule has 0 amide bonds. The quantitative estimate of drug-likeness (QED) is 0.708. The second-order valence-corrected chi connectivity index (χ2v) is 6.74. The van der Waals surface area contributed by atoms with Crippen LogP contribution in [0.4, 0.5) is 0 Å². The van der Waals surface area contributed by atoms with Crippen molar-refractivity contribution in [2.24, 2.45) is 0 Å². The van der Waals surface area contributed by atoms with E-state index in [0.717, 1.165) is 24.7 Å². The first-order valence-corrected chi connectivity index (χ1v) is 8.70. The van der Waals surface area contributed by atoms with Gasteiger partial charge in [0, 0.05) is 24.4 Å². The zero-order chi connectivity index (χ0) is 13.5. The van der Waals surface area contributed by atoms with E-state index in [2.05, 4.69) is 11.6 Å². The molecule has 2 aliphatic rings. The van der Waals surface area contributed by atoms with Crippen LogP contribution >= 0.6 is 11.8 Å². The smallest absolute Gasteiger partial charge is 0.0897 e. The molecule has 1 aliphatic heterocycles. The van der Waals surface area contributed by atoms with E-state index in [1.54, 1.807) is 0 Å². The molecule has 1 saturated heterocycles. The Kier molecular flexibility index (Phi) is 6.94. The fourth-order valence-corrected chi connectivity index (χ4v) is 3.61. The summed E-state index contributed by atoms with van der Waals surface area (Å²) in [4.78, 5) is 0. The first-order chi connectivity index (χ1) is 9.28. The monoisotopic (exact) mass is 289 g/mol. The lowest BCUT2D eigenvalue weighted by Gasteiger charge is -2.17. The van der Waals surface area contributed by atoms with Gasteiger partial charge in [-0.2, -0.15) is 11.8 Å². The SMILES string of the molecule is CSC1CCC(NCC(O)COCC2CCCO2)C1. The van der Waals surface area contributed by atoms with E-state index < -0.39 is 6.10 Å². The Hall–Kier alpha value is 0.190. The third-order valence-corrected chi connectivity index (χ3v) is 5.09. The van der Waals surface area contributed by atoms with Crippen LogP contribution in [0.15, 0.2) is 0 Å². The summed E-state index contributed by atoms with van der Waals surface area (Å²) in [6.45, 7) is 2.52. The Bertz CT molecular complexity index is 249. The van der Waals surface area contributed by atoms with Gasteiger partial charge >= 0.3 is 0 Å². The van der Waals surface area contributed by atoms with Crippen molar-refractivity contribution in [1.82, 2.24) is 5.32 Å². The summed E-state index contributed by atoms with van der Waals surface area (Å²) >= 11 is 1.96. The Morgan fingerprint density at radius 1 is 1.42 bits per heavy atom. The van der Waals surface area contributed by atoms with E-state index in [4.69, 9.17) is 9.47 Å². The fourth-order valence-electron chi connectivity index (χ4n) is 2.81. The van der Waals surface area contributed by atoms with Gasteiger partial charge < -0.3 is 19.9 Å². The van der Waals surface area contributed by atoms with Crippen molar-refractivity contribution in [2.45, 2.75) is 55.6 Å². The predicted octanol–water partition coefficient (Wildman–Crippen LogP) is 1.42. The molecule has 19 heavy (non-hydrogen) atoms. The van der Waals surface area contributed by atoms with Crippen LogP contribution in [0.5, 0.6) is 0 Å². The van der Waals surface area contributed by atoms with Gasteiger partial charge in [0.05, 0.1) is 25.4 Å². The highest BCUT2D eigenvalue weighted by atomic mass is 32.2. The van der Waals surface area contributed by atoms with Gasteiger partial charge in [-0.3, -0.25) is 0 Å². The number of aliphatic hydroxyl groups excluding tert-OH is 1. The number of thioether (sulfide) groups is 1. The molecule has 2 fully saturated rings. The molecule has 1 heterocycles. The maximum absolute atomic E-state index is 9.87. The summed E-state index contributed by atoms with van der Waals surface area (Å²) in [6, 6.07) is 0.574. The average molecular weight is 289 g/mol. The molecule has 5 heteroatoms. The molecule has 1 saturated carbocycles. The van der Waals surface area contributed by atoms with Crippen molar-refractivity contribution in [1.29, 1.82) is 0 Å². The van der Waals surface area contributed by atoms with Crippen LogP contribution in [0.3, 0.4) is 0 Å². The van der Waals surface area contributed by atoms with Crippen molar-refractivity contribution < 1.29 is 14.6 Å². The predicted molar refractivity (Wildman–Crippen MR) is 78.7 cm³/mol. The minimum absolute atomic E-state index is 0.248. The Balaban J connectivity index is 1.48. The van der Waals surface area contributed by atoms with E-state index in [0.29, 0.717) is 25.8 Å². The van der Waals surface area contributed by atoms with Crippen LogP contribution in [-0.4, -0.2) is 61.2 Å². The largest absolute Gasteiger partial charge is 0.389 e. The number of rotatable bonds is 8. The molecule has 4 atom stereocenters.